The quantitative estimate of drug-likeness (QED) is 0.0256. The van der Waals surface area contributed by atoms with Crippen molar-refractivity contribution in [3.05, 3.63) is 489 Å². The summed E-state index contributed by atoms with van der Waals surface area (Å²) in [6.45, 7) is 7.90. The third-order valence-corrected chi connectivity index (χ3v) is 28.4. The number of carbonyl (C=O) groups is 1. The average Bonchev–Trinajstić information content (AvgIpc) is 0.839. The van der Waals surface area contributed by atoms with Gasteiger partial charge in [0.1, 0.15) is 17.8 Å². The van der Waals surface area contributed by atoms with Crippen molar-refractivity contribution in [1.82, 2.24) is 19.9 Å². The number of para-hydroxylation sites is 2. The number of halogens is 1. The molecule has 0 aliphatic heterocycles. The van der Waals surface area contributed by atoms with Crippen LogP contribution in [0.2, 0.25) is 5.15 Å². The third-order valence-electron chi connectivity index (χ3n) is 18.3. The molecule has 0 bridgehead atoms. The molecule has 16 aromatic carbocycles. The molecule has 0 amide bonds. The van der Waals surface area contributed by atoms with E-state index >= 15 is 0 Å². The van der Waals surface area contributed by atoms with Crippen molar-refractivity contribution in [3.63, 3.8) is 0 Å². The minimum atomic E-state index is -1.35. The summed E-state index contributed by atoms with van der Waals surface area (Å²) in [4.78, 5) is 27.9. The summed E-state index contributed by atoms with van der Waals surface area (Å²) in [5, 5.41) is 45.4. The molecular formula is C105H92BClK2N4O5P4Pd. The third kappa shape index (κ3) is 31.9. The van der Waals surface area contributed by atoms with E-state index in [0.717, 1.165) is 44.2 Å². The van der Waals surface area contributed by atoms with E-state index in [4.69, 9.17) is 31.7 Å². The fraction of sp³-hybridized carbons (Fsp3) is 0.0381. The molecule has 18 aromatic rings. The van der Waals surface area contributed by atoms with Crippen LogP contribution in [0.4, 0.5) is 0 Å². The Hall–Kier alpha value is -8.44. The topological polar surface area (TPSA) is 141 Å². The second kappa shape index (κ2) is 55.8. The predicted molar refractivity (Wildman–Crippen MR) is 514 cm³/mol. The molecule has 0 aliphatic rings. The SMILES string of the molecule is Cc1cc(C)cc(-c2ncnc3ccccc23)c1.Cc1cc(C)cc(B(O)O)c1.Clc1ncnc2ccccc12.O=CO[O-].[H-].[K+].[K+].[Pd].c1ccc(P(c2ccccc2)c2ccccc2)cc1.c1ccc(P(c2ccccc2)c2ccccc2)cc1.c1ccc(P(c2ccccc2)c2ccccc2)cc1.c1ccc(P(c2ccccc2)c2ccccc2)cc1. The molecule has 123 heavy (non-hydrogen) atoms. The van der Waals surface area contributed by atoms with Gasteiger partial charge in [0, 0.05) is 36.8 Å². The Morgan fingerprint density at radius 1 is 0.301 bits per heavy atom. The standard InChI is InChI=1S/4C18H15P.C16H14N2.C8H11BO2.C8H5ClN2.CH2O3.2K.Pd.H/c4*1-4-10-16(11-5-1)19(17-12-6-2-7-13-17)18-14-8-3-9-15-18;1-11-7-12(2)9-13(8-11)16-14-5-3-4-6-15(14)17-10-18-16;1-6-3-7(2)5-8(4-6)9(10)11;9-8-6-3-1-2-4-7(6)10-5-11-8;2-1-4-3;;;;/h4*1-15H;3-10H,1-2H3;3-5,10-11H,1-2H3;1-5H;1,3H;;;;/q;;;;;;;;2*+1;;-1/p-1. The van der Waals surface area contributed by atoms with Gasteiger partial charge >= 0.3 is 110 Å². The molecule has 0 radical (unpaired) electrons. The van der Waals surface area contributed by atoms with Gasteiger partial charge in [0.15, 0.2) is 0 Å². The summed E-state index contributed by atoms with van der Waals surface area (Å²) in [6.07, 6.45) is 3.10. The van der Waals surface area contributed by atoms with Crippen molar-refractivity contribution in [2.24, 2.45) is 0 Å². The van der Waals surface area contributed by atoms with Crippen molar-refractivity contribution in [2.75, 3.05) is 0 Å². The fourth-order valence-electron chi connectivity index (χ4n) is 13.2. The Kier molecular flexibility index (Phi) is 45.4. The first-order valence-electron chi connectivity index (χ1n) is 39.0. The van der Waals surface area contributed by atoms with Gasteiger partial charge < -0.3 is 21.6 Å². The molecular weight excluding hydrogens is 1750 g/mol. The Morgan fingerprint density at radius 3 is 0.715 bits per heavy atom. The van der Waals surface area contributed by atoms with E-state index in [0.29, 0.717) is 10.6 Å². The van der Waals surface area contributed by atoms with Gasteiger partial charge in [-0.15, -0.1) is 0 Å². The minimum Gasteiger partial charge on any atom is -1.00 e. The van der Waals surface area contributed by atoms with E-state index in [1.54, 1.807) is 18.5 Å². The number of benzene rings is 16. The number of rotatable bonds is 15. The number of carbonyl (C=O) groups excluding carboxylic acids is 1. The molecule has 18 rings (SSSR count). The Balaban J connectivity index is 0.000000198. The van der Waals surface area contributed by atoms with E-state index < -0.39 is 38.8 Å². The van der Waals surface area contributed by atoms with Crippen molar-refractivity contribution in [2.45, 2.75) is 27.7 Å². The molecule has 0 unspecified atom stereocenters. The maximum atomic E-state index is 8.83. The second-order valence-corrected chi connectivity index (χ2v) is 36.4. The van der Waals surface area contributed by atoms with Crippen LogP contribution >= 0.6 is 43.3 Å². The molecule has 0 spiro atoms. The maximum Gasteiger partial charge on any atom is 1.00 e. The van der Waals surface area contributed by atoms with Crippen LogP contribution in [-0.2, 0) is 30.1 Å². The van der Waals surface area contributed by atoms with E-state index in [2.05, 4.69) is 427 Å². The summed E-state index contributed by atoms with van der Waals surface area (Å²) >= 11 is 5.81. The molecule has 2 N–H and O–H groups in total. The number of nitrogens with zero attached hydrogens (tertiary/aromatic N) is 4. The van der Waals surface area contributed by atoms with Crippen molar-refractivity contribution < 1.29 is 150 Å². The number of hydrogen-bond acceptors (Lipinski definition) is 9. The first kappa shape index (κ1) is 100.0. The van der Waals surface area contributed by atoms with E-state index in [9.17, 15) is 0 Å². The van der Waals surface area contributed by atoms with Gasteiger partial charge in [0.2, 0.25) is 0 Å². The maximum absolute atomic E-state index is 8.83. The molecule has 0 saturated heterocycles. The summed E-state index contributed by atoms with van der Waals surface area (Å²) in [7, 11) is -3.14. The molecule has 604 valence electrons. The molecule has 2 aromatic heterocycles. The molecule has 9 nitrogen and oxygen atoms in total. The molecule has 18 heteroatoms. The van der Waals surface area contributed by atoms with Gasteiger partial charge in [-0.1, -0.05) is 452 Å². The zero-order valence-electron chi connectivity index (χ0n) is 70.4. The van der Waals surface area contributed by atoms with Gasteiger partial charge in [-0.05, 0) is 159 Å². The van der Waals surface area contributed by atoms with E-state index in [-0.39, 0.29) is 131 Å². The zero-order chi connectivity index (χ0) is 83.7. The first-order chi connectivity index (χ1) is 58.9. The Labute approximate surface area is 834 Å². The van der Waals surface area contributed by atoms with Crippen LogP contribution in [0.1, 0.15) is 23.7 Å². The van der Waals surface area contributed by atoms with Crippen LogP contribution in [0.3, 0.4) is 0 Å². The number of fused-ring (bicyclic) bond motifs is 2. The molecule has 0 atom stereocenters. The number of aromatic nitrogens is 4. The molecule has 0 aliphatic carbocycles. The van der Waals surface area contributed by atoms with E-state index in [1.165, 1.54) is 81.1 Å². The molecule has 0 saturated carbocycles. The van der Waals surface area contributed by atoms with Crippen molar-refractivity contribution in [1.29, 1.82) is 0 Å². The molecule has 2 heterocycles. The van der Waals surface area contributed by atoms with Crippen LogP contribution in [0.15, 0.2) is 462 Å². The van der Waals surface area contributed by atoms with Crippen LogP contribution in [0, 0.1) is 27.7 Å². The largest absolute Gasteiger partial charge is 1.00 e. The minimum absolute atomic E-state index is 0. The average molecular weight is 1840 g/mol. The smallest absolute Gasteiger partial charge is 1.00 e. The van der Waals surface area contributed by atoms with Gasteiger partial charge in [0.25, 0.3) is 6.47 Å². The number of hydrogen-bond donors (Lipinski definition) is 2. The zero-order valence-corrected chi connectivity index (χ0v) is 81.6. The number of aryl methyl sites for hydroxylation is 4. The van der Waals surface area contributed by atoms with Crippen LogP contribution in [0.5, 0.6) is 0 Å². The summed E-state index contributed by atoms with van der Waals surface area (Å²) < 4.78 is 0. The summed E-state index contributed by atoms with van der Waals surface area (Å²) in [6, 6.07) is 157. The van der Waals surface area contributed by atoms with Crippen molar-refractivity contribution >= 4 is 148 Å². The second-order valence-electron chi connectivity index (χ2n) is 27.2. The van der Waals surface area contributed by atoms with Gasteiger partial charge in [-0.3, -0.25) is 4.79 Å². The van der Waals surface area contributed by atoms with Gasteiger partial charge in [0.05, 0.1) is 16.7 Å². The first-order valence-corrected chi connectivity index (χ1v) is 44.8. The Bertz CT molecular complexity index is 5110. The van der Waals surface area contributed by atoms with E-state index in [1.807, 2.05) is 62.4 Å². The van der Waals surface area contributed by atoms with Crippen LogP contribution in [0.25, 0.3) is 33.1 Å². The summed E-state index contributed by atoms with van der Waals surface area (Å²) in [5.74, 6) is 0. The van der Waals surface area contributed by atoms with Crippen LogP contribution < -0.4 is 177 Å². The fourth-order valence-corrected chi connectivity index (χ4v) is 22.6. The predicted octanol–water partition coefficient (Wildman–Crippen LogP) is 12.5. The Morgan fingerprint density at radius 2 is 0.496 bits per heavy atom. The monoisotopic (exact) mass is 1840 g/mol. The molecule has 0 fully saturated rings. The summed E-state index contributed by atoms with van der Waals surface area (Å²) in [5.41, 5.74) is 9.21. The van der Waals surface area contributed by atoms with Gasteiger partial charge in [-0.2, -0.15) is 0 Å². The van der Waals surface area contributed by atoms with Crippen molar-refractivity contribution in [3.8, 4) is 11.3 Å². The normalized spacial score (nSPS) is 10.1. The van der Waals surface area contributed by atoms with Gasteiger partial charge in [-0.25, -0.2) is 19.9 Å². The van der Waals surface area contributed by atoms with Crippen LogP contribution in [-0.4, -0.2) is 43.6 Å².